The molecule has 122 valence electrons. The largest absolute Gasteiger partial charge is 0.478 e. The maximum atomic E-state index is 11.8. The Morgan fingerprint density at radius 1 is 1.05 bits per heavy atom. The van der Waals surface area contributed by atoms with Crippen molar-refractivity contribution in [2.45, 2.75) is 33.7 Å². The van der Waals surface area contributed by atoms with Crippen LogP contribution in [-0.2, 0) is 11.3 Å². The molecule has 1 rings (SSSR count). The molecule has 1 aromatic carbocycles. The zero-order valence-electron chi connectivity index (χ0n) is 13.7. The predicted octanol–water partition coefficient (Wildman–Crippen LogP) is 2.47. The Morgan fingerprint density at radius 3 is 2.09 bits per heavy atom. The number of rotatable bonds is 9. The van der Waals surface area contributed by atoms with Crippen LogP contribution in [0.25, 0.3) is 0 Å². The van der Waals surface area contributed by atoms with Crippen LogP contribution in [0.3, 0.4) is 0 Å². The van der Waals surface area contributed by atoms with Gasteiger partial charge in [0, 0.05) is 20.0 Å². The Hall–Kier alpha value is -1.88. The van der Waals surface area contributed by atoms with E-state index in [9.17, 15) is 9.59 Å². The molecule has 5 heteroatoms. The van der Waals surface area contributed by atoms with Gasteiger partial charge < -0.3 is 14.9 Å². The van der Waals surface area contributed by atoms with Gasteiger partial charge in [0.1, 0.15) is 0 Å². The van der Waals surface area contributed by atoms with Gasteiger partial charge in [0.25, 0.3) is 0 Å². The molecule has 22 heavy (non-hydrogen) atoms. The normalized spacial score (nSPS) is 10.7. The lowest BCUT2D eigenvalue weighted by Gasteiger charge is -2.24. The maximum Gasteiger partial charge on any atom is 0.335 e. The van der Waals surface area contributed by atoms with Crippen molar-refractivity contribution in [3.05, 3.63) is 35.4 Å². The smallest absolute Gasteiger partial charge is 0.335 e. The molecule has 5 nitrogen and oxygen atoms in total. The average molecular weight is 306 g/mol. The van der Waals surface area contributed by atoms with E-state index >= 15 is 0 Å². The molecule has 0 aliphatic carbocycles. The summed E-state index contributed by atoms with van der Waals surface area (Å²) < 4.78 is 0. The van der Waals surface area contributed by atoms with E-state index in [0.717, 1.165) is 31.6 Å². The SMILES string of the molecule is CCN(CC)CCCN(Cc1ccc(C(=O)O)cc1)C(C)=O. The number of hydrogen-bond donors (Lipinski definition) is 1. The van der Waals surface area contributed by atoms with E-state index in [1.54, 1.807) is 36.1 Å². The summed E-state index contributed by atoms with van der Waals surface area (Å²) in [5, 5.41) is 8.89. The molecule has 0 saturated carbocycles. The van der Waals surface area contributed by atoms with Crippen LogP contribution in [0.5, 0.6) is 0 Å². The third kappa shape index (κ3) is 5.85. The fraction of sp³-hybridized carbons (Fsp3) is 0.529. The van der Waals surface area contributed by atoms with Crippen molar-refractivity contribution >= 4 is 11.9 Å². The van der Waals surface area contributed by atoms with Crippen molar-refractivity contribution in [2.24, 2.45) is 0 Å². The van der Waals surface area contributed by atoms with Crippen molar-refractivity contribution in [3.8, 4) is 0 Å². The molecule has 0 radical (unpaired) electrons. The first kappa shape index (κ1) is 18.2. The highest BCUT2D eigenvalue weighted by Gasteiger charge is 2.11. The number of benzene rings is 1. The molecular formula is C17H26N2O3. The zero-order chi connectivity index (χ0) is 16.5. The van der Waals surface area contributed by atoms with Gasteiger partial charge in [-0.3, -0.25) is 4.79 Å². The minimum atomic E-state index is -0.936. The van der Waals surface area contributed by atoms with Crippen LogP contribution in [0.4, 0.5) is 0 Å². The summed E-state index contributed by atoms with van der Waals surface area (Å²) >= 11 is 0. The summed E-state index contributed by atoms with van der Waals surface area (Å²) in [6, 6.07) is 6.69. The quantitative estimate of drug-likeness (QED) is 0.761. The number of aromatic carboxylic acids is 1. The molecule has 0 bridgehead atoms. The Labute approximate surface area is 132 Å². The summed E-state index contributed by atoms with van der Waals surface area (Å²) in [5.74, 6) is -0.893. The number of carboxylic acids is 1. The first-order valence-electron chi connectivity index (χ1n) is 7.78. The second kappa shape index (κ2) is 9.20. The summed E-state index contributed by atoms with van der Waals surface area (Å²) in [4.78, 5) is 26.7. The van der Waals surface area contributed by atoms with Gasteiger partial charge in [0.05, 0.1) is 5.56 Å². The van der Waals surface area contributed by atoms with E-state index < -0.39 is 5.97 Å². The highest BCUT2D eigenvalue weighted by molar-refractivity contribution is 5.87. The Bertz CT molecular complexity index is 481. The topological polar surface area (TPSA) is 60.9 Å². The maximum absolute atomic E-state index is 11.8. The third-order valence-electron chi connectivity index (χ3n) is 3.82. The molecule has 0 fully saturated rings. The van der Waals surface area contributed by atoms with Gasteiger partial charge in [0.2, 0.25) is 5.91 Å². The van der Waals surface area contributed by atoms with E-state index in [-0.39, 0.29) is 11.5 Å². The summed E-state index contributed by atoms with van der Waals surface area (Å²) in [6.07, 6.45) is 0.939. The van der Waals surface area contributed by atoms with Crippen molar-refractivity contribution in [2.75, 3.05) is 26.2 Å². The van der Waals surface area contributed by atoms with Crippen molar-refractivity contribution in [3.63, 3.8) is 0 Å². The first-order valence-corrected chi connectivity index (χ1v) is 7.78. The Kier molecular flexibility index (Phi) is 7.60. The van der Waals surface area contributed by atoms with Gasteiger partial charge >= 0.3 is 5.97 Å². The second-order valence-electron chi connectivity index (χ2n) is 5.32. The molecule has 1 amide bonds. The van der Waals surface area contributed by atoms with Gasteiger partial charge in [-0.1, -0.05) is 26.0 Å². The van der Waals surface area contributed by atoms with Crippen molar-refractivity contribution < 1.29 is 14.7 Å². The van der Waals surface area contributed by atoms with E-state index in [0.29, 0.717) is 13.1 Å². The molecule has 0 saturated heterocycles. The molecule has 0 aromatic heterocycles. The van der Waals surface area contributed by atoms with E-state index in [1.807, 2.05) is 0 Å². The van der Waals surface area contributed by atoms with Crippen LogP contribution >= 0.6 is 0 Å². The van der Waals surface area contributed by atoms with Crippen molar-refractivity contribution in [1.82, 2.24) is 9.80 Å². The monoisotopic (exact) mass is 306 g/mol. The van der Waals surface area contributed by atoms with Gasteiger partial charge in [0.15, 0.2) is 0 Å². The molecule has 0 heterocycles. The number of carbonyl (C=O) groups is 2. The first-order chi connectivity index (χ1) is 10.5. The van der Waals surface area contributed by atoms with Gasteiger partial charge in [-0.2, -0.15) is 0 Å². The highest BCUT2D eigenvalue weighted by atomic mass is 16.4. The van der Waals surface area contributed by atoms with Crippen LogP contribution in [0.1, 0.15) is 43.1 Å². The molecule has 0 aliphatic rings. The molecule has 1 aromatic rings. The van der Waals surface area contributed by atoms with E-state index in [1.165, 1.54) is 0 Å². The van der Waals surface area contributed by atoms with Crippen LogP contribution in [0, 0.1) is 0 Å². The molecule has 1 N–H and O–H groups in total. The van der Waals surface area contributed by atoms with E-state index in [2.05, 4.69) is 18.7 Å². The predicted molar refractivity (Wildman–Crippen MR) is 86.9 cm³/mol. The second-order valence-corrected chi connectivity index (χ2v) is 5.32. The van der Waals surface area contributed by atoms with Gasteiger partial charge in [-0.25, -0.2) is 4.79 Å². The van der Waals surface area contributed by atoms with Crippen LogP contribution < -0.4 is 0 Å². The van der Waals surface area contributed by atoms with Crippen LogP contribution in [0.2, 0.25) is 0 Å². The molecular weight excluding hydrogens is 280 g/mol. The van der Waals surface area contributed by atoms with Gasteiger partial charge in [-0.15, -0.1) is 0 Å². The molecule has 0 unspecified atom stereocenters. The van der Waals surface area contributed by atoms with Crippen molar-refractivity contribution in [1.29, 1.82) is 0 Å². The lowest BCUT2D eigenvalue weighted by atomic mass is 10.1. The fourth-order valence-electron chi connectivity index (χ4n) is 2.35. The number of amides is 1. The molecule has 0 spiro atoms. The van der Waals surface area contributed by atoms with Crippen LogP contribution in [0.15, 0.2) is 24.3 Å². The summed E-state index contributed by atoms with van der Waals surface area (Å²) in [6.45, 7) is 10.1. The lowest BCUT2D eigenvalue weighted by molar-refractivity contribution is -0.129. The summed E-state index contributed by atoms with van der Waals surface area (Å²) in [7, 11) is 0. The zero-order valence-corrected chi connectivity index (χ0v) is 13.7. The highest BCUT2D eigenvalue weighted by Crippen LogP contribution is 2.09. The van der Waals surface area contributed by atoms with E-state index in [4.69, 9.17) is 5.11 Å². The number of carboxylic acid groups (broad SMARTS) is 1. The number of nitrogens with zero attached hydrogens (tertiary/aromatic N) is 2. The average Bonchev–Trinajstić information content (AvgIpc) is 2.50. The number of carbonyl (C=O) groups excluding carboxylic acids is 1. The Morgan fingerprint density at radius 2 is 1.64 bits per heavy atom. The summed E-state index contributed by atoms with van der Waals surface area (Å²) in [5.41, 5.74) is 1.21. The molecule has 0 atom stereocenters. The lowest BCUT2D eigenvalue weighted by Crippen LogP contribution is -2.32. The third-order valence-corrected chi connectivity index (χ3v) is 3.82. The fourth-order valence-corrected chi connectivity index (χ4v) is 2.35. The standard InChI is InChI=1S/C17H26N2O3/c1-4-18(5-2)11-6-12-19(14(3)20)13-15-7-9-16(10-8-15)17(21)22/h7-10H,4-6,11-13H2,1-3H3,(H,21,22). The minimum Gasteiger partial charge on any atom is -0.478 e. The van der Waals surface area contributed by atoms with Crippen LogP contribution in [-0.4, -0.2) is 53.0 Å². The Balaban J connectivity index is 2.56. The minimum absolute atomic E-state index is 0.0434. The van der Waals surface area contributed by atoms with Gasteiger partial charge in [-0.05, 0) is 43.8 Å². The molecule has 0 aliphatic heterocycles. The number of hydrogen-bond acceptors (Lipinski definition) is 3.